The molecule has 1 aliphatic heterocycles. The Bertz CT molecular complexity index is 932. The van der Waals surface area contributed by atoms with Gasteiger partial charge in [-0.25, -0.2) is 4.39 Å². The minimum Gasteiger partial charge on any atom is -0.360 e. The molecule has 1 aliphatic rings. The molecule has 4 heterocycles. The minimum absolute atomic E-state index is 0.199. The van der Waals surface area contributed by atoms with E-state index in [4.69, 9.17) is 0 Å². The maximum Gasteiger partial charge on any atom is 0.253 e. The van der Waals surface area contributed by atoms with Crippen LogP contribution in [0.1, 0.15) is 28.8 Å². The van der Waals surface area contributed by atoms with Crippen LogP contribution in [0.25, 0.3) is 10.9 Å². The van der Waals surface area contributed by atoms with Crippen molar-refractivity contribution in [2.75, 3.05) is 19.6 Å². The van der Waals surface area contributed by atoms with Gasteiger partial charge in [-0.2, -0.15) is 0 Å². The van der Waals surface area contributed by atoms with Crippen molar-refractivity contribution >= 4 is 16.8 Å². The van der Waals surface area contributed by atoms with E-state index in [-0.39, 0.29) is 11.7 Å². The number of amides is 1. The summed E-state index contributed by atoms with van der Waals surface area (Å²) in [5.41, 5.74) is 1.51. The van der Waals surface area contributed by atoms with Crippen molar-refractivity contribution < 1.29 is 9.18 Å². The number of H-pyrrole nitrogens is 1. The summed E-state index contributed by atoms with van der Waals surface area (Å²) in [5.74, 6) is -0.520. The van der Waals surface area contributed by atoms with E-state index in [1.165, 1.54) is 6.20 Å². The lowest BCUT2D eigenvalue weighted by Crippen LogP contribution is -2.48. The van der Waals surface area contributed by atoms with Crippen molar-refractivity contribution in [2.45, 2.75) is 18.3 Å². The van der Waals surface area contributed by atoms with E-state index in [0.29, 0.717) is 17.7 Å². The number of hydrogen-bond donors (Lipinski definition) is 3. The Morgan fingerprint density at radius 3 is 2.85 bits per heavy atom. The number of carbonyl (C=O) groups excluding carboxylic acids is 1. The number of halogens is 1. The first-order chi connectivity index (χ1) is 12.7. The highest BCUT2D eigenvalue weighted by Crippen LogP contribution is 2.34. The van der Waals surface area contributed by atoms with E-state index in [9.17, 15) is 9.18 Å². The Morgan fingerprint density at radius 2 is 2.04 bits per heavy atom. The Hall–Kier alpha value is -2.80. The maximum absolute atomic E-state index is 14.4. The number of rotatable bonds is 4. The number of carbonyl (C=O) groups is 1. The maximum atomic E-state index is 14.4. The smallest absolute Gasteiger partial charge is 0.253 e. The van der Waals surface area contributed by atoms with Crippen LogP contribution in [-0.4, -0.2) is 40.5 Å². The Balaban J connectivity index is 1.60. The van der Waals surface area contributed by atoms with Crippen molar-refractivity contribution in [3.05, 3.63) is 60.1 Å². The van der Waals surface area contributed by atoms with Gasteiger partial charge < -0.3 is 15.6 Å². The lowest BCUT2D eigenvalue weighted by Gasteiger charge is -2.38. The summed E-state index contributed by atoms with van der Waals surface area (Å²) in [5, 5.41) is 7.14. The molecule has 134 valence electrons. The van der Waals surface area contributed by atoms with E-state index in [0.717, 1.165) is 36.8 Å². The summed E-state index contributed by atoms with van der Waals surface area (Å²) in [6, 6.07) is 3.58. The summed E-state index contributed by atoms with van der Waals surface area (Å²) in [6.45, 7) is 1.94. The molecule has 0 radical (unpaired) electrons. The molecule has 0 unspecified atom stereocenters. The van der Waals surface area contributed by atoms with Crippen LogP contribution in [0.5, 0.6) is 0 Å². The summed E-state index contributed by atoms with van der Waals surface area (Å²) in [7, 11) is 0. The van der Waals surface area contributed by atoms with Gasteiger partial charge in [0.05, 0.1) is 23.5 Å². The van der Waals surface area contributed by atoms with Crippen LogP contribution in [0.15, 0.2) is 43.1 Å². The van der Waals surface area contributed by atoms with E-state index in [2.05, 4.69) is 25.6 Å². The second kappa shape index (κ2) is 6.84. The Morgan fingerprint density at radius 1 is 1.19 bits per heavy atom. The predicted molar refractivity (Wildman–Crippen MR) is 96.4 cm³/mol. The number of aromatic nitrogens is 3. The zero-order valence-corrected chi connectivity index (χ0v) is 14.3. The van der Waals surface area contributed by atoms with Gasteiger partial charge in [0.2, 0.25) is 0 Å². The number of piperidine rings is 1. The molecule has 1 amide bonds. The lowest BCUT2D eigenvalue weighted by atomic mass is 9.73. The predicted octanol–water partition coefficient (Wildman–Crippen LogP) is 2.15. The first-order valence-electron chi connectivity index (χ1n) is 8.70. The quantitative estimate of drug-likeness (QED) is 0.671. The number of aromatic amines is 1. The molecule has 0 aromatic carbocycles. The molecule has 0 spiro atoms. The molecule has 3 aromatic rings. The minimum atomic E-state index is -0.437. The molecule has 1 fully saturated rings. The molecule has 6 nitrogen and oxygen atoms in total. The normalized spacial score (nSPS) is 16.5. The first kappa shape index (κ1) is 16.7. The molecule has 26 heavy (non-hydrogen) atoms. The van der Waals surface area contributed by atoms with Gasteiger partial charge in [-0.3, -0.25) is 14.8 Å². The molecule has 3 N–H and O–H groups in total. The topological polar surface area (TPSA) is 82.7 Å². The highest BCUT2D eigenvalue weighted by atomic mass is 19.1. The average molecular weight is 353 g/mol. The number of pyridine rings is 2. The largest absolute Gasteiger partial charge is 0.360 e. The number of hydrogen-bond acceptors (Lipinski definition) is 4. The molecule has 1 saturated heterocycles. The van der Waals surface area contributed by atoms with Gasteiger partial charge in [0.25, 0.3) is 5.91 Å². The van der Waals surface area contributed by atoms with Crippen molar-refractivity contribution in [2.24, 2.45) is 0 Å². The second-order valence-electron chi connectivity index (χ2n) is 6.69. The summed E-state index contributed by atoms with van der Waals surface area (Å²) in [4.78, 5) is 23.8. The van der Waals surface area contributed by atoms with Crippen molar-refractivity contribution in [1.82, 2.24) is 25.6 Å². The lowest BCUT2D eigenvalue weighted by molar-refractivity contribution is 0.0938. The molecule has 0 bridgehead atoms. The molecule has 0 saturated carbocycles. The highest BCUT2D eigenvalue weighted by Gasteiger charge is 2.36. The van der Waals surface area contributed by atoms with Crippen LogP contribution < -0.4 is 10.6 Å². The Labute approximate surface area is 150 Å². The third-order valence-electron chi connectivity index (χ3n) is 5.21. The molecule has 0 aliphatic carbocycles. The van der Waals surface area contributed by atoms with Crippen LogP contribution in [0.2, 0.25) is 0 Å². The van der Waals surface area contributed by atoms with Crippen LogP contribution >= 0.6 is 0 Å². The fourth-order valence-electron chi connectivity index (χ4n) is 3.76. The number of nitrogens with zero attached hydrogens (tertiary/aromatic N) is 2. The summed E-state index contributed by atoms with van der Waals surface area (Å²) < 4.78 is 14.4. The number of fused-ring (bicyclic) bond motifs is 1. The van der Waals surface area contributed by atoms with Gasteiger partial charge in [-0.05, 0) is 43.6 Å². The highest BCUT2D eigenvalue weighted by molar-refractivity contribution is 6.05. The van der Waals surface area contributed by atoms with Crippen molar-refractivity contribution in [3.63, 3.8) is 0 Å². The molecular formula is C19H20FN5O. The van der Waals surface area contributed by atoms with Crippen molar-refractivity contribution in [3.8, 4) is 0 Å². The molecule has 7 heteroatoms. The number of nitrogens with one attached hydrogen (secondary N) is 3. The monoisotopic (exact) mass is 353 g/mol. The zero-order valence-electron chi connectivity index (χ0n) is 14.3. The first-order valence-corrected chi connectivity index (χ1v) is 8.70. The van der Waals surface area contributed by atoms with Gasteiger partial charge in [-0.1, -0.05) is 0 Å². The standard InChI is InChI=1S/C19H20FN5O/c20-16-10-22-5-2-15(16)19(3-7-21-8-4-19)12-25-18(26)14-9-23-11-17-13(14)1-6-24-17/h1-2,5-6,9-11,21,24H,3-4,7-8,12H2,(H,25,26). The van der Waals surface area contributed by atoms with Gasteiger partial charge in [0, 0.05) is 35.9 Å². The van der Waals surface area contributed by atoms with E-state index < -0.39 is 5.41 Å². The van der Waals surface area contributed by atoms with Gasteiger partial charge in [0.1, 0.15) is 5.82 Å². The zero-order chi connectivity index (χ0) is 18.0. The molecule has 4 rings (SSSR count). The fraction of sp³-hybridized carbons (Fsp3) is 0.316. The SMILES string of the molecule is O=C(NCC1(c2ccncc2F)CCNCC1)c1cncc2[nH]ccc12. The van der Waals surface area contributed by atoms with Gasteiger partial charge in [0.15, 0.2) is 0 Å². The van der Waals surface area contributed by atoms with Crippen molar-refractivity contribution in [1.29, 1.82) is 0 Å². The van der Waals surface area contributed by atoms with Crippen LogP contribution in [0, 0.1) is 5.82 Å². The van der Waals surface area contributed by atoms with Crippen LogP contribution in [-0.2, 0) is 5.41 Å². The fourth-order valence-corrected chi connectivity index (χ4v) is 3.76. The molecule has 0 atom stereocenters. The van der Waals surface area contributed by atoms with Gasteiger partial charge >= 0.3 is 0 Å². The summed E-state index contributed by atoms with van der Waals surface area (Å²) >= 11 is 0. The van der Waals surface area contributed by atoms with Crippen LogP contribution in [0.3, 0.4) is 0 Å². The third-order valence-corrected chi connectivity index (χ3v) is 5.21. The van der Waals surface area contributed by atoms with E-state index in [1.807, 2.05) is 6.07 Å². The van der Waals surface area contributed by atoms with Crippen LogP contribution in [0.4, 0.5) is 4.39 Å². The Kier molecular flexibility index (Phi) is 4.38. The summed E-state index contributed by atoms with van der Waals surface area (Å²) in [6.07, 6.45) is 9.38. The molecule has 3 aromatic heterocycles. The third kappa shape index (κ3) is 2.94. The second-order valence-corrected chi connectivity index (χ2v) is 6.69. The average Bonchev–Trinajstić information content (AvgIpc) is 3.16. The van der Waals surface area contributed by atoms with E-state index >= 15 is 0 Å². The van der Waals surface area contributed by atoms with E-state index in [1.54, 1.807) is 30.9 Å². The van der Waals surface area contributed by atoms with Gasteiger partial charge in [-0.15, -0.1) is 0 Å². The molecular weight excluding hydrogens is 333 g/mol.